The molecule has 0 atom stereocenters. The lowest BCUT2D eigenvalue weighted by atomic mass is 10.3. The topological polar surface area (TPSA) is 57.4 Å². The van der Waals surface area contributed by atoms with Gasteiger partial charge in [-0.05, 0) is 12.1 Å². The van der Waals surface area contributed by atoms with Crippen LogP contribution in [0.4, 0.5) is 5.69 Å². The van der Waals surface area contributed by atoms with Gasteiger partial charge in [0.15, 0.2) is 11.6 Å². The first-order valence-electron chi connectivity index (χ1n) is 5.22. The van der Waals surface area contributed by atoms with Gasteiger partial charge in [-0.3, -0.25) is 0 Å². The second-order valence-electron chi connectivity index (χ2n) is 3.66. The largest absolute Gasteiger partial charge is 0.506 e. The summed E-state index contributed by atoms with van der Waals surface area (Å²) in [6.07, 6.45) is 0. The van der Waals surface area contributed by atoms with Crippen molar-refractivity contribution in [3.63, 3.8) is 0 Å². The van der Waals surface area contributed by atoms with Crippen LogP contribution in [0.5, 0.6) is 5.75 Å². The number of aromatic hydroxyl groups is 1. The summed E-state index contributed by atoms with van der Waals surface area (Å²) in [6.45, 7) is 3.53. The van der Waals surface area contributed by atoms with E-state index in [1.165, 1.54) is 12.1 Å². The number of hydrogen-bond acceptors (Lipinski definition) is 3. The molecule has 0 aromatic heterocycles. The van der Waals surface area contributed by atoms with E-state index in [0.29, 0.717) is 5.69 Å². The first kappa shape index (κ1) is 12.3. The first-order chi connectivity index (χ1) is 8.53. The van der Waals surface area contributed by atoms with Crippen molar-refractivity contribution in [1.82, 2.24) is 0 Å². The fraction of sp³-hybridized carbons (Fsp3) is 0. The van der Waals surface area contributed by atoms with E-state index < -0.39 is 10.0 Å². The molecule has 18 heavy (non-hydrogen) atoms. The molecule has 92 valence electrons. The fourth-order valence-electron chi connectivity index (χ4n) is 1.53. The van der Waals surface area contributed by atoms with Crippen molar-refractivity contribution in [2.75, 3.05) is 0 Å². The van der Waals surface area contributed by atoms with Crippen LogP contribution in [-0.4, -0.2) is 24.2 Å². The molecule has 0 unspecified atom stereocenters. The standard InChI is InChI=1S/C13H11NO3S/c1-14(11-7-3-2-4-8-11)18(16,17)13-10-6-5-9-12(13)15/h2-10H,1H2/p+1. The van der Waals surface area contributed by atoms with Gasteiger partial charge in [0.2, 0.25) is 5.69 Å². The van der Waals surface area contributed by atoms with Crippen molar-refractivity contribution in [3.8, 4) is 5.75 Å². The summed E-state index contributed by atoms with van der Waals surface area (Å²) in [4.78, 5) is -0.163. The summed E-state index contributed by atoms with van der Waals surface area (Å²) in [5, 5.41) is 9.61. The highest BCUT2D eigenvalue weighted by atomic mass is 32.2. The molecule has 0 bridgehead atoms. The second-order valence-corrected chi connectivity index (χ2v) is 5.49. The van der Waals surface area contributed by atoms with Crippen molar-refractivity contribution in [2.24, 2.45) is 0 Å². The monoisotopic (exact) mass is 262 g/mol. The molecule has 2 rings (SSSR count). The summed E-state index contributed by atoms with van der Waals surface area (Å²) < 4.78 is 25.4. The van der Waals surface area contributed by atoms with Gasteiger partial charge in [0.05, 0.1) is 0 Å². The molecule has 0 fully saturated rings. The Hall–Kier alpha value is -2.14. The Bertz CT molecular complexity index is 678. The third kappa shape index (κ3) is 2.12. The van der Waals surface area contributed by atoms with Gasteiger partial charge in [0, 0.05) is 12.1 Å². The summed E-state index contributed by atoms with van der Waals surface area (Å²) in [6, 6.07) is 14.2. The van der Waals surface area contributed by atoms with Crippen LogP contribution in [0.3, 0.4) is 0 Å². The normalized spacial score (nSPS) is 11.1. The van der Waals surface area contributed by atoms with E-state index >= 15 is 0 Å². The third-order valence-electron chi connectivity index (χ3n) is 2.48. The molecule has 0 heterocycles. The molecule has 0 aliphatic heterocycles. The maximum absolute atomic E-state index is 12.3. The Morgan fingerprint density at radius 1 is 0.944 bits per heavy atom. The van der Waals surface area contributed by atoms with Crippen molar-refractivity contribution in [2.45, 2.75) is 4.90 Å². The zero-order valence-corrected chi connectivity index (χ0v) is 10.3. The maximum atomic E-state index is 12.3. The number of hydrogen-bond donors (Lipinski definition) is 1. The van der Waals surface area contributed by atoms with Crippen LogP contribution in [0, 0.1) is 0 Å². The van der Waals surface area contributed by atoms with E-state index in [1.807, 2.05) is 0 Å². The van der Waals surface area contributed by atoms with Gasteiger partial charge < -0.3 is 5.11 Å². The van der Waals surface area contributed by atoms with Crippen LogP contribution in [0.25, 0.3) is 0 Å². The van der Waals surface area contributed by atoms with E-state index in [-0.39, 0.29) is 10.6 Å². The SMILES string of the molecule is C=[N+](c1ccccc1)S(=O)(=O)c1ccccc1O. The molecule has 1 N–H and O–H groups in total. The number of rotatable bonds is 3. The molecule has 0 spiro atoms. The summed E-state index contributed by atoms with van der Waals surface area (Å²) in [5.74, 6) is -0.290. The Balaban J connectivity index is 2.51. The van der Waals surface area contributed by atoms with Gasteiger partial charge in [0.25, 0.3) is 0 Å². The minimum atomic E-state index is -3.85. The van der Waals surface area contributed by atoms with E-state index in [4.69, 9.17) is 0 Å². The Morgan fingerprint density at radius 2 is 1.50 bits per heavy atom. The van der Waals surface area contributed by atoms with Crippen LogP contribution in [0.2, 0.25) is 0 Å². The van der Waals surface area contributed by atoms with Crippen molar-refractivity contribution in [3.05, 3.63) is 54.6 Å². The highest BCUT2D eigenvalue weighted by Crippen LogP contribution is 2.26. The Labute approximate surface area is 106 Å². The van der Waals surface area contributed by atoms with Gasteiger partial charge >= 0.3 is 10.0 Å². The van der Waals surface area contributed by atoms with E-state index in [2.05, 4.69) is 6.72 Å². The Morgan fingerprint density at radius 3 is 2.11 bits per heavy atom. The van der Waals surface area contributed by atoms with Crippen LogP contribution in [0.15, 0.2) is 59.5 Å². The van der Waals surface area contributed by atoms with E-state index in [0.717, 1.165) is 3.98 Å². The average molecular weight is 262 g/mol. The molecular formula is C13H12NO3S+. The lowest BCUT2D eigenvalue weighted by Crippen LogP contribution is -2.15. The number of sulfonamides is 1. The van der Waals surface area contributed by atoms with E-state index in [1.54, 1.807) is 42.5 Å². The van der Waals surface area contributed by atoms with Crippen LogP contribution >= 0.6 is 0 Å². The second kappa shape index (κ2) is 4.62. The molecule has 0 saturated heterocycles. The molecule has 4 nitrogen and oxygen atoms in total. The predicted molar refractivity (Wildman–Crippen MR) is 68.8 cm³/mol. The van der Waals surface area contributed by atoms with Crippen molar-refractivity contribution >= 4 is 22.4 Å². The lowest BCUT2D eigenvalue weighted by molar-refractivity contribution is -0.249. The maximum Gasteiger partial charge on any atom is 0.403 e. The lowest BCUT2D eigenvalue weighted by Gasteiger charge is -2.03. The minimum Gasteiger partial charge on any atom is -0.506 e. The summed E-state index contributed by atoms with van der Waals surface area (Å²) >= 11 is 0. The molecule has 0 saturated carbocycles. The van der Waals surface area contributed by atoms with Crippen LogP contribution in [0.1, 0.15) is 0 Å². The number of phenolic OH excluding ortho intramolecular Hbond substituents is 1. The summed E-state index contributed by atoms with van der Waals surface area (Å²) in [7, 11) is -3.85. The molecule has 5 heteroatoms. The van der Waals surface area contributed by atoms with Gasteiger partial charge in [0.1, 0.15) is 5.75 Å². The third-order valence-corrected chi connectivity index (χ3v) is 4.17. The molecular weight excluding hydrogens is 250 g/mol. The van der Waals surface area contributed by atoms with Gasteiger partial charge in [-0.1, -0.05) is 34.3 Å². The molecule has 2 aromatic rings. The zero-order valence-electron chi connectivity index (χ0n) is 9.52. The summed E-state index contributed by atoms with van der Waals surface area (Å²) in [5.41, 5.74) is 0.431. The molecule has 0 amide bonds. The highest BCUT2D eigenvalue weighted by molar-refractivity contribution is 7.85. The van der Waals surface area contributed by atoms with Crippen molar-refractivity contribution < 1.29 is 17.5 Å². The number of phenols is 1. The quantitative estimate of drug-likeness (QED) is 0.681. The van der Waals surface area contributed by atoms with Crippen LogP contribution < -0.4 is 0 Å². The number of benzene rings is 2. The van der Waals surface area contributed by atoms with Gasteiger partial charge in [-0.25, -0.2) is 0 Å². The average Bonchev–Trinajstić information content (AvgIpc) is 2.39. The number of nitrogens with zero attached hydrogens (tertiary/aromatic N) is 1. The predicted octanol–water partition coefficient (Wildman–Crippen LogP) is 2.13. The molecule has 0 aliphatic rings. The van der Waals surface area contributed by atoms with Gasteiger partial charge in [-0.15, -0.1) is 0 Å². The van der Waals surface area contributed by atoms with Crippen molar-refractivity contribution in [1.29, 1.82) is 0 Å². The van der Waals surface area contributed by atoms with Gasteiger partial charge in [-0.2, -0.15) is 8.42 Å². The van der Waals surface area contributed by atoms with Crippen LogP contribution in [-0.2, 0) is 10.0 Å². The molecule has 0 aliphatic carbocycles. The molecule has 0 radical (unpaired) electrons. The molecule has 2 aromatic carbocycles. The zero-order chi connectivity index (χ0) is 13.2. The Kier molecular flexibility index (Phi) is 3.16. The number of para-hydroxylation sites is 2. The highest BCUT2D eigenvalue weighted by Gasteiger charge is 2.30. The van der Waals surface area contributed by atoms with E-state index in [9.17, 15) is 13.5 Å². The smallest absolute Gasteiger partial charge is 0.403 e. The first-order valence-corrected chi connectivity index (χ1v) is 6.66. The fourth-order valence-corrected chi connectivity index (χ4v) is 2.75. The minimum absolute atomic E-state index is 0.163.